The van der Waals surface area contributed by atoms with Crippen LogP contribution in [-0.2, 0) is 11.2 Å². The van der Waals surface area contributed by atoms with Gasteiger partial charge < -0.3 is 24.6 Å². The third-order valence-electron chi connectivity index (χ3n) is 3.89. The summed E-state index contributed by atoms with van der Waals surface area (Å²) in [7, 11) is 3.20. The third kappa shape index (κ3) is 6.75. The Kier molecular flexibility index (Phi) is 8.39. The number of benzene rings is 2. The second-order valence-corrected chi connectivity index (χ2v) is 6.34. The first-order chi connectivity index (χ1) is 13.0. The van der Waals surface area contributed by atoms with Gasteiger partial charge in [-0.2, -0.15) is 0 Å². The second kappa shape index (κ2) is 10.8. The highest BCUT2D eigenvalue weighted by Gasteiger charge is 2.11. The molecule has 0 radical (unpaired) electrons. The van der Waals surface area contributed by atoms with Gasteiger partial charge in [0.25, 0.3) is 0 Å². The molecule has 0 fully saturated rings. The molecule has 0 saturated heterocycles. The number of halogens is 1. The maximum atomic E-state index is 11.9. The second-order valence-electron chi connectivity index (χ2n) is 5.91. The van der Waals surface area contributed by atoms with Crippen LogP contribution in [0, 0.1) is 0 Å². The van der Waals surface area contributed by atoms with Gasteiger partial charge in [0.05, 0.1) is 19.8 Å². The summed E-state index contributed by atoms with van der Waals surface area (Å²) < 4.78 is 15.6. The van der Waals surface area contributed by atoms with Crippen molar-refractivity contribution in [1.82, 2.24) is 5.32 Å². The van der Waals surface area contributed by atoms with E-state index in [2.05, 4.69) is 5.32 Å². The Balaban J connectivity index is 1.69. The summed E-state index contributed by atoms with van der Waals surface area (Å²) in [6, 6.07) is 12.2. The Morgan fingerprint density at radius 3 is 2.63 bits per heavy atom. The Bertz CT molecular complexity index is 753. The highest BCUT2D eigenvalue weighted by Crippen LogP contribution is 2.27. The monoisotopic (exact) mass is 393 g/mol. The molecule has 1 atom stereocenters. The number of hydrogen-bond acceptors (Lipinski definition) is 6. The molecule has 0 amide bonds. The van der Waals surface area contributed by atoms with E-state index in [1.165, 1.54) is 6.07 Å². The normalized spacial score (nSPS) is 11.7. The zero-order valence-electron chi connectivity index (χ0n) is 15.4. The number of ether oxygens (including phenoxy) is 3. The van der Waals surface area contributed by atoms with Crippen LogP contribution in [0.4, 0.5) is 0 Å². The van der Waals surface area contributed by atoms with Crippen LogP contribution in [0.1, 0.15) is 15.9 Å². The van der Waals surface area contributed by atoms with Crippen LogP contribution in [0.5, 0.6) is 11.5 Å². The smallest absolute Gasteiger partial charge is 0.338 e. The minimum atomic E-state index is -0.793. The molecule has 0 aliphatic heterocycles. The average molecular weight is 394 g/mol. The number of nitrogens with one attached hydrogen (secondary N) is 1. The van der Waals surface area contributed by atoms with Crippen molar-refractivity contribution in [2.45, 2.75) is 12.5 Å². The molecule has 0 aromatic heterocycles. The summed E-state index contributed by atoms with van der Waals surface area (Å²) in [4.78, 5) is 11.9. The van der Waals surface area contributed by atoms with Gasteiger partial charge in [-0.3, -0.25) is 0 Å². The molecule has 0 saturated carbocycles. The van der Waals surface area contributed by atoms with Crippen molar-refractivity contribution in [1.29, 1.82) is 0 Å². The number of aliphatic hydroxyl groups excluding tert-OH is 1. The number of carbonyl (C=O) groups is 1. The molecule has 0 spiro atoms. The van der Waals surface area contributed by atoms with Crippen LogP contribution in [0.25, 0.3) is 0 Å². The highest BCUT2D eigenvalue weighted by atomic mass is 35.5. The van der Waals surface area contributed by atoms with Crippen LogP contribution in [0.2, 0.25) is 5.02 Å². The lowest BCUT2D eigenvalue weighted by atomic mass is 10.1. The minimum absolute atomic E-state index is 0.0886. The molecule has 2 rings (SSSR count). The van der Waals surface area contributed by atoms with Gasteiger partial charge in [0.2, 0.25) is 0 Å². The summed E-state index contributed by atoms with van der Waals surface area (Å²) in [5.74, 6) is 0.857. The molecule has 0 heterocycles. The Morgan fingerprint density at radius 1 is 1.15 bits per heavy atom. The van der Waals surface area contributed by atoms with Crippen molar-refractivity contribution in [3.05, 3.63) is 58.6 Å². The zero-order valence-corrected chi connectivity index (χ0v) is 16.2. The Labute approximate surface area is 164 Å². The number of esters is 1. The third-order valence-corrected chi connectivity index (χ3v) is 4.12. The van der Waals surface area contributed by atoms with Gasteiger partial charge in [0.1, 0.15) is 12.7 Å². The quantitative estimate of drug-likeness (QED) is 0.477. The van der Waals surface area contributed by atoms with Gasteiger partial charge in [-0.25, -0.2) is 4.79 Å². The standard InChI is InChI=1S/C20H24ClNO5/c1-25-18-7-6-14(10-19(18)26-2)8-9-22-12-17(23)13-27-20(24)15-4-3-5-16(21)11-15/h3-7,10-11,17,22-23H,8-9,12-13H2,1-2H3. The van der Waals surface area contributed by atoms with Crippen molar-refractivity contribution >= 4 is 17.6 Å². The van der Waals surface area contributed by atoms with Crippen LogP contribution in [0.3, 0.4) is 0 Å². The lowest BCUT2D eigenvalue weighted by Crippen LogP contribution is -2.32. The lowest BCUT2D eigenvalue weighted by molar-refractivity contribution is 0.0260. The van der Waals surface area contributed by atoms with Crippen LogP contribution in [-0.4, -0.2) is 51.1 Å². The van der Waals surface area contributed by atoms with Crippen molar-refractivity contribution in [3.8, 4) is 11.5 Å². The Hall–Kier alpha value is -2.28. The largest absolute Gasteiger partial charge is 0.493 e. The molecule has 2 aromatic carbocycles. The molecular weight excluding hydrogens is 370 g/mol. The van der Waals surface area contributed by atoms with Gasteiger partial charge in [-0.05, 0) is 48.9 Å². The molecule has 0 aliphatic carbocycles. The van der Waals surface area contributed by atoms with Gasteiger partial charge in [-0.1, -0.05) is 23.7 Å². The van der Waals surface area contributed by atoms with E-state index in [1.807, 2.05) is 18.2 Å². The zero-order chi connectivity index (χ0) is 19.6. The maximum absolute atomic E-state index is 11.9. The van der Waals surface area contributed by atoms with Gasteiger partial charge in [0, 0.05) is 11.6 Å². The summed E-state index contributed by atoms with van der Waals surface area (Å²) in [5.41, 5.74) is 1.44. The van der Waals surface area contributed by atoms with Gasteiger partial charge in [-0.15, -0.1) is 0 Å². The molecule has 1 unspecified atom stereocenters. The average Bonchev–Trinajstić information content (AvgIpc) is 2.69. The van der Waals surface area contributed by atoms with Crippen molar-refractivity contribution in [2.24, 2.45) is 0 Å². The summed E-state index contributed by atoms with van der Waals surface area (Å²) in [5, 5.41) is 13.5. The molecule has 6 nitrogen and oxygen atoms in total. The first-order valence-electron chi connectivity index (χ1n) is 8.56. The molecular formula is C20H24ClNO5. The van der Waals surface area contributed by atoms with Crippen LogP contribution < -0.4 is 14.8 Å². The van der Waals surface area contributed by atoms with Crippen molar-refractivity contribution in [3.63, 3.8) is 0 Å². The fraction of sp³-hybridized carbons (Fsp3) is 0.350. The first-order valence-corrected chi connectivity index (χ1v) is 8.93. The molecule has 0 aliphatic rings. The molecule has 2 aromatic rings. The fourth-order valence-corrected chi connectivity index (χ4v) is 2.66. The van der Waals surface area contributed by atoms with E-state index in [0.29, 0.717) is 35.2 Å². The van der Waals surface area contributed by atoms with E-state index in [9.17, 15) is 9.90 Å². The predicted octanol–water partition coefficient (Wildman–Crippen LogP) is 2.71. The highest BCUT2D eigenvalue weighted by molar-refractivity contribution is 6.30. The lowest BCUT2D eigenvalue weighted by Gasteiger charge is -2.13. The van der Waals surface area contributed by atoms with E-state index in [1.54, 1.807) is 32.4 Å². The SMILES string of the molecule is COc1ccc(CCNCC(O)COC(=O)c2cccc(Cl)c2)cc1OC. The number of carbonyl (C=O) groups excluding carboxylic acids is 1. The number of aliphatic hydroxyl groups is 1. The van der Waals surface area contributed by atoms with Gasteiger partial charge in [0.15, 0.2) is 11.5 Å². The van der Waals surface area contributed by atoms with Crippen LogP contribution in [0.15, 0.2) is 42.5 Å². The van der Waals surface area contributed by atoms with E-state index in [-0.39, 0.29) is 6.61 Å². The molecule has 7 heteroatoms. The van der Waals surface area contributed by atoms with Gasteiger partial charge >= 0.3 is 5.97 Å². The van der Waals surface area contributed by atoms with Crippen molar-refractivity contribution in [2.75, 3.05) is 33.9 Å². The number of rotatable bonds is 10. The van der Waals surface area contributed by atoms with E-state index in [4.69, 9.17) is 25.8 Å². The Morgan fingerprint density at radius 2 is 1.93 bits per heavy atom. The van der Waals surface area contributed by atoms with Crippen LogP contribution >= 0.6 is 11.6 Å². The van der Waals surface area contributed by atoms with E-state index < -0.39 is 12.1 Å². The minimum Gasteiger partial charge on any atom is -0.493 e. The number of hydrogen-bond donors (Lipinski definition) is 2. The fourth-order valence-electron chi connectivity index (χ4n) is 2.47. The topological polar surface area (TPSA) is 77.0 Å². The molecule has 2 N–H and O–H groups in total. The first kappa shape index (κ1) is 21.0. The summed E-state index contributed by atoms with van der Waals surface area (Å²) >= 11 is 5.84. The molecule has 0 bridgehead atoms. The maximum Gasteiger partial charge on any atom is 0.338 e. The predicted molar refractivity (Wildman–Crippen MR) is 104 cm³/mol. The molecule has 27 heavy (non-hydrogen) atoms. The summed E-state index contributed by atoms with van der Waals surface area (Å²) in [6.45, 7) is 0.888. The summed E-state index contributed by atoms with van der Waals surface area (Å²) in [6.07, 6.45) is -0.0337. The van der Waals surface area contributed by atoms with E-state index in [0.717, 1.165) is 12.0 Å². The van der Waals surface area contributed by atoms with E-state index >= 15 is 0 Å². The van der Waals surface area contributed by atoms with Crippen molar-refractivity contribution < 1.29 is 24.1 Å². The molecule has 146 valence electrons. The number of methoxy groups -OCH3 is 2.